The van der Waals surface area contributed by atoms with E-state index in [9.17, 15) is 0 Å². The van der Waals surface area contributed by atoms with Crippen LogP contribution in [0.3, 0.4) is 0 Å². The predicted octanol–water partition coefficient (Wildman–Crippen LogP) is 2.21. The molecule has 1 aliphatic carbocycles. The fraction of sp³-hybridized carbons (Fsp3) is 0.714. The van der Waals surface area contributed by atoms with Gasteiger partial charge in [0, 0.05) is 12.6 Å². The Labute approximate surface area is 109 Å². The van der Waals surface area contributed by atoms with Gasteiger partial charge in [-0.15, -0.1) is 0 Å². The Morgan fingerprint density at radius 1 is 1.11 bits per heavy atom. The average Bonchev–Trinajstić information content (AvgIpc) is 2.42. The summed E-state index contributed by atoms with van der Waals surface area (Å²) in [5.74, 6) is 1.43. The monoisotopic (exact) mass is 246 g/mol. The number of likely N-dealkylation sites (tertiary alicyclic amines) is 1. The lowest BCUT2D eigenvalue weighted by molar-refractivity contribution is 0.0536. The van der Waals surface area contributed by atoms with Gasteiger partial charge in [-0.3, -0.25) is 9.88 Å². The number of rotatable bonds is 2. The lowest BCUT2D eigenvalue weighted by atomic mass is 9.78. The highest BCUT2D eigenvalue weighted by molar-refractivity contribution is 5.22. The summed E-state index contributed by atoms with van der Waals surface area (Å²) < 4.78 is 0. The summed E-state index contributed by atoms with van der Waals surface area (Å²) in [6, 6.07) is 0.784. The fourth-order valence-electron chi connectivity index (χ4n) is 3.58. The third kappa shape index (κ3) is 2.48. The average molecular weight is 246 g/mol. The zero-order valence-electron chi connectivity index (χ0n) is 10.9. The van der Waals surface area contributed by atoms with Crippen LogP contribution in [0.2, 0.25) is 0 Å². The van der Waals surface area contributed by atoms with Crippen LogP contribution in [0.15, 0.2) is 12.4 Å². The minimum atomic E-state index is 0.507. The van der Waals surface area contributed by atoms with Crippen LogP contribution in [0.4, 0.5) is 5.82 Å². The fourth-order valence-corrected chi connectivity index (χ4v) is 3.58. The maximum atomic E-state index is 5.58. The van der Waals surface area contributed by atoms with Gasteiger partial charge < -0.3 is 5.73 Å². The van der Waals surface area contributed by atoms with E-state index in [-0.39, 0.29) is 0 Å². The largest absolute Gasteiger partial charge is 0.382 e. The van der Waals surface area contributed by atoms with Crippen molar-refractivity contribution in [2.75, 3.05) is 12.3 Å². The molecule has 98 valence electrons. The van der Waals surface area contributed by atoms with Crippen molar-refractivity contribution in [1.82, 2.24) is 14.9 Å². The Hall–Kier alpha value is -1.16. The Bertz CT molecular complexity index is 387. The number of hydrogen-bond acceptors (Lipinski definition) is 4. The molecule has 2 fully saturated rings. The molecule has 0 spiro atoms. The highest BCUT2D eigenvalue weighted by Gasteiger charge is 2.33. The van der Waals surface area contributed by atoms with Crippen LogP contribution in [0.25, 0.3) is 0 Å². The van der Waals surface area contributed by atoms with Crippen LogP contribution < -0.4 is 5.73 Å². The van der Waals surface area contributed by atoms with Crippen LogP contribution in [-0.2, 0) is 6.54 Å². The normalized spacial score (nSPS) is 28.9. The lowest BCUT2D eigenvalue weighted by Gasteiger charge is -2.44. The van der Waals surface area contributed by atoms with Gasteiger partial charge >= 0.3 is 0 Å². The number of nitrogen functional groups attached to an aromatic ring is 1. The molecular formula is C14H22N4. The van der Waals surface area contributed by atoms with Gasteiger partial charge in [0.05, 0.1) is 18.1 Å². The van der Waals surface area contributed by atoms with E-state index in [1.165, 1.54) is 45.1 Å². The molecule has 4 nitrogen and oxygen atoms in total. The SMILES string of the molecule is Nc1cnc(CN2CCC[C@H]3CCCC[C@H]32)cn1. The first-order valence-corrected chi connectivity index (χ1v) is 7.13. The number of piperidine rings is 1. The number of fused-ring (bicyclic) bond motifs is 1. The Balaban J connectivity index is 1.69. The molecule has 1 saturated heterocycles. The van der Waals surface area contributed by atoms with Crippen LogP contribution in [0.5, 0.6) is 0 Å². The molecule has 1 aromatic rings. The number of nitrogens with two attached hydrogens (primary N) is 1. The van der Waals surface area contributed by atoms with E-state index in [0.29, 0.717) is 5.82 Å². The molecule has 2 atom stereocenters. The van der Waals surface area contributed by atoms with E-state index in [2.05, 4.69) is 14.9 Å². The molecule has 1 saturated carbocycles. The molecular weight excluding hydrogens is 224 g/mol. The van der Waals surface area contributed by atoms with Gasteiger partial charge in [-0.2, -0.15) is 0 Å². The van der Waals surface area contributed by atoms with E-state index < -0.39 is 0 Å². The lowest BCUT2D eigenvalue weighted by Crippen LogP contribution is -2.46. The summed E-state index contributed by atoms with van der Waals surface area (Å²) >= 11 is 0. The maximum Gasteiger partial charge on any atom is 0.141 e. The van der Waals surface area contributed by atoms with Crippen molar-refractivity contribution in [1.29, 1.82) is 0 Å². The zero-order chi connectivity index (χ0) is 12.4. The van der Waals surface area contributed by atoms with Crippen molar-refractivity contribution in [2.45, 2.75) is 51.1 Å². The number of aromatic nitrogens is 2. The summed E-state index contributed by atoms with van der Waals surface area (Å²) in [6.07, 6.45) is 11.9. The van der Waals surface area contributed by atoms with Crippen molar-refractivity contribution in [3.05, 3.63) is 18.1 Å². The van der Waals surface area contributed by atoms with Gasteiger partial charge in [0.2, 0.25) is 0 Å². The van der Waals surface area contributed by atoms with Gasteiger partial charge in [0.1, 0.15) is 5.82 Å². The molecule has 4 heteroatoms. The van der Waals surface area contributed by atoms with Crippen molar-refractivity contribution in [3.63, 3.8) is 0 Å². The third-order valence-electron chi connectivity index (χ3n) is 4.45. The number of anilines is 1. The number of nitrogens with zero attached hydrogens (tertiary/aromatic N) is 3. The zero-order valence-corrected chi connectivity index (χ0v) is 10.9. The van der Waals surface area contributed by atoms with E-state index in [1.54, 1.807) is 6.20 Å². The Morgan fingerprint density at radius 2 is 1.94 bits per heavy atom. The molecule has 2 N–H and O–H groups in total. The molecule has 0 radical (unpaired) electrons. The molecule has 0 bridgehead atoms. The molecule has 0 amide bonds. The second-order valence-electron chi connectivity index (χ2n) is 5.66. The van der Waals surface area contributed by atoms with E-state index in [4.69, 9.17) is 5.73 Å². The summed E-state index contributed by atoms with van der Waals surface area (Å²) in [5.41, 5.74) is 6.63. The summed E-state index contributed by atoms with van der Waals surface area (Å²) in [6.45, 7) is 2.15. The predicted molar refractivity (Wildman–Crippen MR) is 71.8 cm³/mol. The molecule has 1 aliphatic heterocycles. The molecule has 18 heavy (non-hydrogen) atoms. The minimum Gasteiger partial charge on any atom is -0.382 e. The first-order chi connectivity index (χ1) is 8.83. The molecule has 0 aromatic carbocycles. The van der Waals surface area contributed by atoms with Gasteiger partial charge in [0.25, 0.3) is 0 Å². The Kier molecular flexibility index (Phi) is 3.46. The van der Waals surface area contributed by atoms with E-state index in [1.807, 2.05) is 6.20 Å². The summed E-state index contributed by atoms with van der Waals surface area (Å²) in [4.78, 5) is 11.1. The quantitative estimate of drug-likeness (QED) is 0.869. The summed E-state index contributed by atoms with van der Waals surface area (Å²) in [5, 5.41) is 0. The van der Waals surface area contributed by atoms with Crippen LogP contribution >= 0.6 is 0 Å². The van der Waals surface area contributed by atoms with Gasteiger partial charge in [-0.05, 0) is 38.1 Å². The molecule has 1 aromatic heterocycles. The molecule has 2 heterocycles. The smallest absolute Gasteiger partial charge is 0.141 e. The van der Waals surface area contributed by atoms with Crippen LogP contribution in [0, 0.1) is 5.92 Å². The molecule has 2 aliphatic rings. The molecule has 3 rings (SSSR count). The number of hydrogen-bond donors (Lipinski definition) is 1. The van der Waals surface area contributed by atoms with Crippen molar-refractivity contribution in [2.24, 2.45) is 5.92 Å². The first kappa shape index (κ1) is 11.9. The molecule has 0 unspecified atom stereocenters. The van der Waals surface area contributed by atoms with E-state index >= 15 is 0 Å². The summed E-state index contributed by atoms with van der Waals surface area (Å²) in [7, 11) is 0. The highest BCUT2D eigenvalue weighted by Crippen LogP contribution is 2.35. The second-order valence-corrected chi connectivity index (χ2v) is 5.66. The maximum absolute atomic E-state index is 5.58. The van der Waals surface area contributed by atoms with Crippen molar-refractivity contribution < 1.29 is 0 Å². The van der Waals surface area contributed by atoms with Crippen molar-refractivity contribution >= 4 is 5.82 Å². The first-order valence-electron chi connectivity index (χ1n) is 7.13. The highest BCUT2D eigenvalue weighted by atomic mass is 15.2. The van der Waals surface area contributed by atoms with Crippen LogP contribution in [-0.4, -0.2) is 27.5 Å². The second kappa shape index (κ2) is 5.22. The van der Waals surface area contributed by atoms with Gasteiger partial charge in [-0.1, -0.05) is 12.8 Å². The minimum absolute atomic E-state index is 0.507. The standard InChI is InChI=1S/C14H22N4/c15-14-9-16-12(8-17-14)10-18-7-3-5-11-4-1-2-6-13(11)18/h8-9,11,13H,1-7,10H2,(H2,15,17)/t11-,13-/m1/s1. The topological polar surface area (TPSA) is 55.0 Å². The van der Waals surface area contributed by atoms with Crippen LogP contribution in [0.1, 0.15) is 44.2 Å². The van der Waals surface area contributed by atoms with E-state index in [0.717, 1.165) is 24.2 Å². The van der Waals surface area contributed by atoms with Crippen molar-refractivity contribution in [3.8, 4) is 0 Å². The Morgan fingerprint density at radius 3 is 2.78 bits per heavy atom. The van der Waals surface area contributed by atoms with Gasteiger partial charge in [-0.25, -0.2) is 4.98 Å². The third-order valence-corrected chi connectivity index (χ3v) is 4.45. The van der Waals surface area contributed by atoms with Gasteiger partial charge in [0.15, 0.2) is 0 Å².